The van der Waals surface area contributed by atoms with Crippen molar-refractivity contribution in [2.45, 2.75) is 13.0 Å². The van der Waals surface area contributed by atoms with Gasteiger partial charge in [-0.25, -0.2) is 0 Å². The van der Waals surface area contributed by atoms with Crippen LogP contribution in [0.5, 0.6) is 0 Å². The lowest BCUT2D eigenvalue weighted by Gasteiger charge is -2.36. The zero-order chi connectivity index (χ0) is 18.6. The fourth-order valence-corrected chi connectivity index (χ4v) is 3.76. The van der Waals surface area contributed by atoms with E-state index in [1.54, 1.807) is 17.3 Å². The molecule has 27 heavy (non-hydrogen) atoms. The molecule has 2 fully saturated rings. The largest absolute Gasteiger partial charge is 0.367 e. The molecule has 2 aromatic rings. The van der Waals surface area contributed by atoms with Gasteiger partial charge in [0.25, 0.3) is 0 Å². The standard InChI is InChI=1S/C20H23N5O2/c26-19-12-16(14-25(19)15-17-4-1-2-7-22-17)20(27)24-10-8-23(9-11-24)18-5-3-6-21-13-18/h1-7,13,16H,8-12,14-15H2. The SMILES string of the molecule is O=C1CC(C(=O)N2CCN(c3cccnc3)CC2)CN1Cc1ccccn1. The van der Waals surface area contributed by atoms with E-state index in [0.29, 0.717) is 32.6 Å². The molecule has 4 rings (SSSR count). The highest BCUT2D eigenvalue weighted by atomic mass is 16.2. The van der Waals surface area contributed by atoms with Crippen molar-refractivity contribution in [2.24, 2.45) is 5.92 Å². The van der Waals surface area contributed by atoms with Gasteiger partial charge in [0.05, 0.1) is 30.0 Å². The Hall–Kier alpha value is -2.96. The van der Waals surface area contributed by atoms with Crippen LogP contribution in [0.4, 0.5) is 5.69 Å². The maximum absolute atomic E-state index is 12.9. The van der Waals surface area contributed by atoms with E-state index in [-0.39, 0.29) is 17.7 Å². The van der Waals surface area contributed by atoms with Crippen molar-refractivity contribution in [3.63, 3.8) is 0 Å². The summed E-state index contributed by atoms with van der Waals surface area (Å²) in [7, 11) is 0. The Morgan fingerprint density at radius 3 is 2.63 bits per heavy atom. The number of pyridine rings is 2. The Balaban J connectivity index is 1.32. The Morgan fingerprint density at radius 1 is 1.07 bits per heavy atom. The number of carbonyl (C=O) groups excluding carboxylic acids is 2. The van der Waals surface area contributed by atoms with E-state index in [9.17, 15) is 9.59 Å². The van der Waals surface area contributed by atoms with Crippen LogP contribution in [-0.4, -0.2) is 64.3 Å². The van der Waals surface area contributed by atoms with Crippen molar-refractivity contribution >= 4 is 17.5 Å². The summed E-state index contributed by atoms with van der Waals surface area (Å²) in [5.41, 5.74) is 1.94. The summed E-state index contributed by atoms with van der Waals surface area (Å²) >= 11 is 0. The maximum atomic E-state index is 12.9. The van der Waals surface area contributed by atoms with Gasteiger partial charge in [0.15, 0.2) is 0 Å². The number of amides is 2. The zero-order valence-electron chi connectivity index (χ0n) is 15.2. The van der Waals surface area contributed by atoms with Crippen LogP contribution in [0.15, 0.2) is 48.9 Å². The second-order valence-corrected chi connectivity index (χ2v) is 7.02. The number of likely N-dealkylation sites (tertiary alicyclic amines) is 1. The fourth-order valence-electron chi connectivity index (χ4n) is 3.76. The molecule has 0 radical (unpaired) electrons. The molecule has 0 saturated carbocycles. The van der Waals surface area contributed by atoms with E-state index < -0.39 is 0 Å². The van der Waals surface area contributed by atoms with Crippen LogP contribution in [0.1, 0.15) is 12.1 Å². The van der Waals surface area contributed by atoms with Gasteiger partial charge in [-0.05, 0) is 24.3 Å². The number of nitrogens with zero attached hydrogens (tertiary/aromatic N) is 5. The molecule has 1 atom stereocenters. The van der Waals surface area contributed by atoms with Gasteiger partial charge in [0.2, 0.25) is 11.8 Å². The number of hydrogen-bond donors (Lipinski definition) is 0. The maximum Gasteiger partial charge on any atom is 0.228 e. The van der Waals surface area contributed by atoms with Crippen molar-refractivity contribution < 1.29 is 9.59 Å². The third-order valence-electron chi connectivity index (χ3n) is 5.25. The molecular weight excluding hydrogens is 342 g/mol. The van der Waals surface area contributed by atoms with E-state index in [1.165, 1.54) is 0 Å². The van der Waals surface area contributed by atoms with E-state index in [4.69, 9.17) is 0 Å². The topological polar surface area (TPSA) is 69.6 Å². The van der Waals surface area contributed by atoms with E-state index >= 15 is 0 Å². The average molecular weight is 365 g/mol. The molecule has 2 aromatic heterocycles. The van der Waals surface area contributed by atoms with Crippen LogP contribution in [0.3, 0.4) is 0 Å². The lowest BCUT2D eigenvalue weighted by atomic mass is 10.1. The molecule has 0 bridgehead atoms. The highest BCUT2D eigenvalue weighted by molar-refractivity contribution is 5.89. The Labute approximate surface area is 158 Å². The van der Waals surface area contributed by atoms with Crippen LogP contribution in [0.2, 0.25) is 0 Å². The first kappa shape index (κ1) is 17.5. The number of aromatic nitrogens is 2. The zero-order valence-corrected chi connectivity index (χ0v) is 15.2. The first-order valence-electron chi connectivity index (χ1n) is 9.32. The molecule has 0 aliphatic carbocycles. The number of rotatable bonds is 4. The minimum Gasteiger partial charge on any atom is -0.367 e. The summed E-state index contributed by atoms with van der Waals surface area (Å²) in [5, 5.41) is 0. The van der Waals surface area contributed by atoms with Crippen molar-refractivity contribution in [1.29, 1.82) is 0 Å². The van der Waals surface area contributed by atoms with E-state index in [1.807, 2.05) is 41.4 Å². The number of carbonyl (C=O) groups is 2. The first-order valence-corrected chi connectivity index (χ1v) is 9.32. The quantitative estimate of drug-likeness (QED) is 0.814. The Morgan fingerprint density at radius 2 is 1.93 bits per heavy atom. The van der Waals surface area contributed by atoms with Crippen molar-refractivity contribution in [1.82, 2.24) is 19.8 Å². The van der Waals surface area contributed by atoms with Crippen molar-refractivity contribution in [3.8, 4) is 0 Å². The second-order valence-electron chi connectivity index (χ2n) is 7.02. The van der Waals surface area contributed by atoms with Crippen LogP contribution in [0, 0.1) is 5.92 Å². The van der Waals surface area contributed by atoms with Crippen molar-refractivity contribution in [3.05, 3.63) is 54.6 Å². The molecule has 0 spiro atoms. The summed E-state index contributed by atoms with van der Waals surface area (Å²) < 4.78 is 0. The molecule has 0 aromatic carbocycles. The van der Waals surface area contributed by atoms with Gasteiger partial charge < -0.3 is 14.7 Å². The number of hydrogen-bond acceptors (Lipinski definition) is 5. The summed E-state index contributed by atoms with van der Waals surface area (Å²) in [4.78, 5) is 39.5. The molecule has 4 heterocycles. The fraction of sp³-hybridized carbons (Fsp3) is 0.400. The Kier molecular flexibility index (Phi) is 5.00. The van der Waals surface area contributed by atoms with Crippen LogP contribution >= 0.6 is 0 Å². The molecule has 7 nitrogen and oxygen atoms in total. The van der Waals surface area contributed by atoms with Crippen molar-refractivity contribution in [2.75, 3.05) is 37.6 Å². The normalized spacial score (nSPS) is 20.2. The molecule has 2 aliphatic rings. The van der Waals surface area contributed by atoms with Crippen LogP contribution in [0.25, 0.3) is 0 Å². The summed E-state index contributed by atoms with van der Waals surface area (Å²) in [6.07, 6.45) is 5.63. The minimum atomic E-state index is -0.244. The van der Waals surface area contributed by atoms with Gasteiger partial charge in [-0.2, -0.15) is 0 Å². The highest BCUT2D eigenvalue weighted by Gasteiger charge is 2.37. The molecule has 7 heteroatoms. The van der Waals surface area contributed by atoms with Gasteiger partial charge in [-0.1, -0.05) is 6.07 Å². The second kappa shape index (κ2) is 7.73. The van der Waals surface area contributed by atoms with E-state index in [2.05, 4.69) is 14.9 Å². The first-order chi connectivity index (χ1) is 13.2. The summed E-state index contributed by atoms with van der Waals surface area (Å²) in [6, 6.07) is 9.63. The molecule has 2 amide bonds. The lowest BCUT2D eigenvalue weighted by Crippen LogP contribution is -2.50. The predicted molar refractivity (Wildman–Crippen MR) is 101 cm³/mol. The minimum absolute atomic E-state index is 0.0352. The van der Waals surface area contributed by atoms with Gasteiger partial charge in [-0.15, -0.1) is 0 Å². The Bertz CT molecular complexity index is 791. The average Bonchev–Trinajstić information content (AvgIpc) is 3.09. The smallest absolute Gasteiger partial charge is 0.228 e. The monoisotopic (exact) mass is 365 g/mol. The molecule has 1 unspecified atom stereocenters. The summed E-state index contributed by atoms with van der Waals surface area (Å²) in [6.45, 7) is 3.89. The van der Waals surface area contributed by atoms with E-state index in [0.717, 1.165) is 24.5 Å². The molecule has 0 N–H and O–H groups in total. The van der Waals surface area contributed by atoms with Gasteiger partial charge in [0, 0.05) is 51.5 Å². The van der Waals surface area contributed by atoms with Gasteiger partial charge in [-0.3, -0.25) is 19.6 Å². The van der Waals surface area contributed by atoms with Gasteiger partial charge >= 0.3 is 0 Å². The van der Waals surface area contributed by atoms with Gasteiger partial charge in [0.1, 0.15) is 0 Å². The molecule has 2 aliphatic heterocycles. The third kappa shape index (κ3) is 3.92. The molecular formula is C20H23N5O2. The number of piperazine rings is 1. The lowest BCUT2D eigenvalue weighted by molar-refractivity contribution is -0.136. The highest BCUT2D eigenvalue weighted by Crippen LogP contribution is 2.23. The number of anilines is 1. The molecule has 140 valence electrons. The van der Waals surface area contributed by atoms with Crippen LogP contribution < -0.4 is 4.90 Å². The van der Waals surface area contributed by atoms with Crippen LogP contribution in [-0.2, 0) is 16.1 Å². The third-order valence-corrected chi connectivity index (χ3v) is 5.25. The molecule has 2 saturated heterocycles. The predicted octanol–water partition coefficient (Wildman–Crippen LogP) is 1.17. The summed E-state index contributed by atoms with van der Waals surface area (Å²) in [5.74, 6) is -0.114.